The number of hydrogen-bond acceptors (Lipinski definition) is 5. The highest BCUT2D eigenvalue weighted by Gasteiger charge is 2.27. The second-order valence-electron chi connectivity index (χ2n) is 5.95. The number of carbonyl (C=O) groups excluding carboxylic acids is 1. The number of likely N-dealkylation sites (tertiary alicyclic amines) is 1. The van der Waals surface area contributed by atoms with E-state index in [1.54, 1.807) is 6.21 Å². The molecular formula is C18H22N4O. The van der Waals surface area contributed by atoms with Gasteiger partial charge in [-0.15, -0.1) is 0 Å². The molecule has 0 radical (unpaired) electrons. The average Bonchev–Trinajstić information content (AvgIpc) is 2.61. The Labute approximate surface area is 136 Å². The molecule has 3 rings (SSSR count). The summed E-state index contributed by atoms with van der Waals surface area (Å²) in [5.74, 6) is 1.16. The second kappa shape index (κ2) is 6.77. The maximum Gasteiger partial charge on any atom is 0.220 e. The lowest BCUT2D eigenvalue weighted by molar-refractivity contribution is -0.123. The Morgan fingerprint density at radius 2 is 2.26 bits per heavy atom. The summed E-state index contributed by atoms with van der Waals surface area (Å²) in [5, 5.41) is 6.13. The minimum absolute atomic E-state index is 0.104. The van der Waals surface area contributed by atoms with Gasteiger partial charge in [0.1, 0.15) is 5.78 Å². The van der Waals surface area contributed by atoms with Crippen molar-refractivity contribution in [2.75, 3.05) is 13.1 Å². The first-order valence-electron chi connectivity index (χ1n) is 8.12. The summed E-state index contributed by atoms with van der Waals surface area (Å²) in [6, 6.07) is 7.89. The van der Waals surface area contributed by atoms with Crippen LogP contribution in [-0.4, -0.2) is 35.9 Å². The molecule has 120 valence electrons. The van der Waals surface area contributed by atoms with Crippen LogP contribution in [0.15, 0.2) is 34.4 Å². The Kier molecular flexibility index (Phi) is 4.55. The number of Topliss-reactive ketones (excluding diaryl/α,β-unsaturated/α-hetero) is 1. The van der Waals surface area contributed by atoms with Crippen LogP contribution in [0.4, 0.5) is 0 Å². The van der Waals surface area contributed by atoms with E-state index in [2.05, 4.69) is 22.0 Å². The Hall–Kier alpha value is -2.43. The molecule has 0 aromatic heterocycles. The highest BCUT2D eigenvalue weighted by molar-refractivity contribution is 6.07. The fraction of sp³-hybridized carbons (Fsp3) is 0.389. The molecule has 2 aliphatic heterocycles. The number of piperidine rings is 1. The quantitative estimate of drug-likeness (QED) is 0.881. The van der Waals surface area contributed by atoms with Gasteiger partial charge >= 0.3 is 0 Å². The lowest BCUT2D eigenvalue weighted by Crippen LogP contribution is -2.47. The van der Waals surface area contributed by atoms with E-state index in [1.165, 1.54) is 0 Å². The number of hydrazone groups is 1. The molecule has 2 aliphatic rings. The van der Waals surface area contributed by atoms with Gasteiger partial charge in [0, 0.05) is 30.6 Å². The zero-order valence-electron chi connectivity index (χ0n) is 13.5. The van der Waals surface area contributed by atoms with Crippen LogP contribution in [-0.2, 0) is 4.79 Å². The third-order valence-electron chi connectivity index (χ3n) is 4.40. The predicted octanol–water partition coefficient (Wildman–Crippen LogP) is 0.841. The largest absolute Gasteiger partial charge is 0.341 e. The number of nitrogens with one attached hydrogen (secondary N) is 1. The Balaban J connectivity index is 1.89. The van der Waals surface area contributed by atoms with Crippen LogP contribution in [0.25, 0.3) is 12.3 Å². The monoisotopic (exact) mass is 310 g/mol. The number of aliphatic imine (C=N–C) groups is 1. The van der Waals surface area contributed by atoms with E-state index >= 15 is 0 Å². The predicted molar refractivity (Wildman–Crippen MR) is 93.3 cm³/mol. The number of guanidine groups is 1. The molecule has 1 fully saturated rings. The van der Waals surface area contributed by atoms with E-state index in [9.17, 15) is 4.79 Å². The first kappa shape index (κ1) is 15.5. The Bertz CT molecular complexity index is 765. The van der Waals surface area contributed by atoms with Gasteiger partial charge < -0.3 is 4.90 Å². The molecule has 1 aromatic carbocycles. The maximum absolute atomic E-state index is 12.0. The Morgan fingerprint density at radius 3 is 3.04 bits per heavy atom. The van der Waals surface area contributed by atoms with Gasteiger partial charge in [0.05, 0.1) is 11.9 Å². The summed E-state index contributed by atoms with van der Waals surface area (Å²) < 4.78 is 0. The van der Waals surface area contributed by atoms with Crippen LogP contribution in [0.5, 0.6) is 0 Å². The van der Waals surface area contributed by atoms with Crippen LogP contribution in [0.3, 0.4) is 0 Å². The van der Waals surface area contributed by atoms with Crippen molar-refractivity contribution in [3.05, 3.63) is 34.7 Å². The summed E-state index contributed by atoms with van der Waals surface area (Å²) in [4.78, 5) is 18.8. The van der Waals surface area contributed by atoms with Crippen LogP contribution >= 0.6 is 0 Å². The molecule has 1 N–H and O–H groups in total. The van der Waals surface area contributed by atoms with E-state index in [1.807, 2.05) is 31.2 Å². The minimum Gasteiger partial charge on any atom is -0.341 e. The highest BCUT2D eigenvalue weighted by atomic mass is 16.1. The van der Waals surface area contributed by atoms with Crippen LogP contribution < -0.4 is 15.9 Å². The lowest BCUT2D eigenvalue weighted by atomic mass is 9.93. The van der Waals surface area contributed by atoms with Crippen molar-refractivity contribution in [3.63, 3.8) is 0 Å². The zero-order valence-corrected chi connectivity index (χ0v) is 13.5. The fourth-order valence-corrected chi connectivity index (χ4v) is 3.08. The first-order chi connectivity index (χ1) is 11.2. The Morgan fingerprint density at radius 1 is 1.43 bits per heavy atom. The van der Waals surface area contributed by atoms with Crippen molar-refractivity contribution in [1.29, 1.82) is 0 Å². The van der Waals surface area contributed by atoms with E-state index in [0.29, 0.717) is 18.7 Å². The molecule has 0 aliphatic carbocycles. The van der Waals surface area contributed by atoms with Gasteiger partial charge in [-0.1, -0.05) is 37.8 Å². The van der Waals surface area contributed by atoms with Crippen molar-refractivity contribution in [3.8, 4) is 0 Å². The molecule has 5 nitrogen and oxygen atoms in total. The summed E-state index contributed by atoms with van der Waals surface area (Å²) in [7, 11) is 0. The standard InChI is InChI=1S/C18H22N4O/c1-3-17(23)14-8-6-10-22(12-14)18-20-16(11-19-21-18)15-9-5-4-7-13(15)2/h4-5,7,9,11,14H,2-3,6,8,10,12H2,1H3,(H,20,21). The number of carbonyl (C=O) groups is 1. The number of ketones is 1. The smallest absolute Gasteiger partial charge is 0.220 e. The van der Waals surface area contributed by atoms with Crippen LogP contribution in [0, 0.1) is 5.92 Å². The van der Waals surface area contributed by atoms with E-state index in [0.717, 1.165) is 41.5 Å². The van der Waals surface area contributed by atoms with Crippen molar-refractivity contribution in [2.24, 2.45) is 16.0 Å². The molecule has 0 saturated carbocycles. The highest BCUT2D eigenvalue weighted by Crippen LogP contribution is 2.19. The van der Waals surface area contributed by atoms with E-state index < -0.39 is 0 Å². The first-order valence-corrected chi connectivity index (χ1v) is 8.12. The van der Waals surface area contributed by atoms with Gasteiger partial charge in [-0.3, -0.25) is 4.79 Å². The fourth-order valence-electron chi connectivity index (χ4n) is 3.08. The van der Waals surface area contributed by atoms with E-state index in [-0.39, 0.29) is 5.92 Å². The summed E-state index contributed by atoms with van der Waals surface area (Å²) in [5.41, 5.74) is 3.78. The number of hydrogen-bond donors (Lipinski definition) is 1. The van der Waals surface area contributed by atoms with Crippen molar-refractivity contribution < 1.29 is 4.79 Å². The molecule has 0 spiro atoms. The third-order valence-corrected chi connectivity index (χ3v) is 4.40. The molecule has 1 atom stereocenters. The minimum atomic E-state index is 0.104. The van der Waals surface area contributed by atoms with Gasteiger partial charge in [0.15, 0.2) is 0 Å². The van der Waals surface area contributed by atoms with Gasteiger partial charge in [-0.05, 0) is 18.1 Å². The summed E-state index contributed by atoms with van der Waals surface area (Å²) in [6.07, 6.45) is 4.29. The number of rotatable bonds is 2. The van der Waals surface area contributed by atoms with Gasteiger partial charge in [-0.25, -0.2) is 10.4 Å². The van der Waals surface area contributed by atoms with Gasteiger partial charge in [-0.2, -0.15) is 5.10 Å². The maximum atomic E-state index is 12.0. The topological polar surface area (TPSA) is 57.1 Å². The lowest BCUT2D eigenvalue weighted by Gasteiger charge is -2.34. The average molecular weight is 310 g/mol. The number of benzene rings is 1. The molecule has 1 aromatic rings. The van der Waals surface area contributed by atoms with Crippen molar-refractivity contribution >= 4 is 30.2 Å². The molecule has 1 saturated heterocycles. The van der Waals surface area contributed by atoms with Gasteiger partial charge in [0.2, 0.25) is 5.96 Å². The molecule has 5 heteroatoms. The van der Waals surface area contributed by atoms with E-state index in [4.69, 9.17) is 4.99 Å². The van der Waals surface area contributed by atoms with Gasteiger partial charge in [0.25, 0.3) is 0 Å². The van der Waals surface area contributed by atoms with Crippen molar-refractivity contribution in [2.45, 2.75) is 26.2 Å². The summed E-state index contributed by atoms with van der Waals surface area (Å²) in [6.45, 7) is 7.59. The van der Waals surface area contributed by atoms with Crippen LogP contribution in [0.2, 0.25) is 0 Å². The molecule has 0 amide bonds. The molecule has 23 heavy (non-hydrogen) atoms. The molecule has 2 heterocycles. The van der Waals surface area contributed by atoms with Crippen LogP contribution in [0.1, 0.15) is 26.2 Å². The third kappa shape index (κ3) is 3.33. The molecule has 1 unspecified atom stereocenters. The zero-order chi connectivity index (χ0) is 16.2. The SMILES string of the molecule is C=c1ccccc1=C1C=NNC(N2CCCC(C(=O)CC)C2)=N1. The second-order valence-corrected chi connectivity index (χ2v) is 5.95. The normalized spacial score (nSPS) is 23.3. The van der Waals surface area contributed by atoms with Crippen molar-refractivity contribution in [1.82, 2.24) is 10.3 Å². The molecule has 0 bridgehead atoms. The summed E-state index contributed by atoms with van der Waals surface area (Å²) >= 11 is 0. The number of nitrogens with zero attached hydrogens (tertiary/aromatic N) is 3. The molecular weight excluding hydrogens is 288 g/mol.